The van der Waals surface area contributed by atoms with Gasteiger partial charge in [0, 0.05) is 25.2 Å². The lowest BCUT2D eigenvalue weighted by Crippen LogP contribution is -2.37. The summed E-state index contributed by atoms with van der Waals surface area (Å²) in [5, 5.41) is 5.90. The maximum Gasteiger partial charge on any atom is 0.326 e. The zero-order valence-electron chi connectivity index (χ0n) is 21.0. The van der Waals surface area contributed by atoms with Crippen LogP contribution in [0.25, 0.3) is 0 Å². The highest BCUT2D eigenvalue weighted by Gasteiger charge is 2.18. The molecule has 0 heterocycles. The minimum Gasteiger partial charge on any atom is -0.495 e. The molecule has 0 unspecified atom stereocenters. The topological polar surface area (TPSA) is 79.9 Å². The second-order valence-electron chi connectivity index (χ2n) is 8.35. The minimum absolute atomic E-state index is 0.0517. The van der Waals surface area contributed by atoms with E-state index in [1.54, 1.807) is 24.1 Å². The molecule has 7 nitrogen and oxygen atoms in total. The van der Waals surface area contributed by atoms with E-state index in [2.05, 4.69) is 17.6 Å². The van der Waals surface area contributed by atoms with E-state index in [1.165, 1.54) is 0 Å². The highest BCUT2D eigenvalue weighted by atomic mass is 16.5. The number of hydrogen-bond donors (Lipinski definition) is 2. The number of unbranched alkanes of at least 4 members (excludes halogenated alkanes) is 2. The highest BCUT2D eigenvalue weighted by molar-refractivity contribution is 6.02. The molecule has 0 fully saturated rings. The molecule has 190 valence electrons. The van der Waals surface area contributed by atoms with E-state index in [1.807, 2.05) is 66.7 Å². The van der Waals surface area contributed by atoms with Gasteiger partial charge in [0.2, 0.25) is 5.91 Å². The number of carbonyl (C=O) groups is 2. The van der Waals surface area contributed by atoms with Crippen molar-refractivity contribution in [2.75, 3.05) is 30.4 Å². The number of nitrogens with one attached hydrogen (secondary N) is 2. The quantitative estimate of drug-likeness (QED) is 0.265. The van der Waals surface area contributed by atoms with E-state index in [9.17, 15) is 9.59 Å². The van der Waals surface area contributed by atoms with E-state index in [4.69, 9.17) is 9.47 Å². The first-order chi connectivity index (χ1) is 17.6. The third-order valence-electron chi connectivity index (χ3n) is 5.61. The minimum atomic E-state index is -0.287. The molecule has 3 aromatic rings. The molecule has 0 bridgehead atoms. The molecule has 36 heavy (non-hydrogen) atoms. The number of nitrogens with zero attached hydrogens (tertiary/aromatic N) is 1. The second kappa shape index (κ2) is 14.4. The molecule has 3 rings (SSSR count). The first kappa shape index (κ1) is 26.6. The lowest BCUT2D eigenvalue weighted by molar-refractivity contribution is -0.121. The van der Waals surface area contributed by atoms with Crippen molar-refractivity contribution < 1.29 is 19.1 Å². The maximum absolute atomic E-state index is 13.3. The Morgan fingerprint density at radius 2 is 1.53 bits per heavy atom. The van der Waals surface area contributed by atoms with E-state index in [0.717, 1.165) is 30.7 Å². The fraction of sp³-hybridized carbons (Fsp3) is 0.310. The Hall–Kier alpha value is -4.00. The highest BCUT2D eigenvalue weighted by Crippen LogP contribution is 2.27. The predicted octanol–water partition coefficient (Wildman–Crippen LogP) is 6.61. The van der Waals surface area contributed by atoms with Crippen LogP contribution >= 0.6 is 0 Å². The number of carbonyl (C=O) groups excluding carboxylic acids is 2. The summed E-state index contributed by atoms with van der Waals surface area (Å²) < 4.78 is 11.3. The van der Waals surface area contributed by atoms with Crippen LogP contribution < -0.4 is 25.0 Å². The molecular formula is C29H35N3O4. The molecule has 7 heteroatoms. The Morgan fingerprint density at radius 1 is 0.833 bits per heavy atom. The maximum atomic E-state index is 13.3. The van der Waals surface area contributed by atoms with Crippen LogP contribution in [0.2, 0.25) is 0 Å². The summed E-state index contributed by atoms with van der Waals surface area (Å²) in [6, 6.07) is 23.9. The van der Waals surface area contributed by atoms with Crippen LogP contribution in [0.5, 0.6) is 17.2 Å². The molecule has 3 amide bonds. The average molecular weight is 490 g/mol. The van der Waals surface area contributed by atoms with Crippen LogP contribution in [0.1, 0.15) is 39.0 Å². The van der Waals surface area contributed by atoms with Crippen molar-refractivity contribution in [2.24, 2.45) is 0 Å². The number of hydrogen-bond acceptors (Lipinski definition) is 4. The average Bonchev–Trinajstić information content (AvgIpc) is 2.90. The van der Waals surface area contributed by atoms with E-state index < -0.39 is 0 Å². The van der Waals surface area contributed by atoms with Crippen LogP contribution in [0, 0.1) is 0 Å². The van der Waals surface area contributed by atoms with Gasteiger partial charge in [0.15, 0.2) is 0 Å². The van der Waals surface area contributed by atoms with Crippen molar-refractivity contribution in [1.29, 1.82) is 0 Å². The Bertz CT molecular complexity index is 1090. The fourth-order valence-electron chi connectivity index (χ4n) is 3.69. The van der Waals surface area contributed by atoms with Gasteiger partial charge in [0.25, 0.3) is 0 Å². The lowest BCUT2D eigenvalue weighted by atomic mass is 10.2. The van der Waals surface area contributed by atoms with Crippen LogP contribution in [0.15, 0.2) is 78.9 Å². The number of para-hydroxylation sites is 3. The Kier molecular flexibility index (Phi) is 10.6. The zero-order chi connectivity index (χ0) is 25.6. The van der Waals surface area contributed by atoms with Crippen molar-refractivity contribution in [3.8, 4) is 17.2 Å². The third kappa shape index (κ3) is 8.34. The molecule has 0 spiro atoms. The van der Waals surface area contributed by atoms with Gasteiger partial charge >= 0.3 is 6.03 Å². The molecular weight excluding hydrogens is 454 g/mol. The van der Waals surface area contributed by atoms with Gasteiger partial charge in [-0.05, 0) is 61.4 Å². The molecule has 3 aromatic carbocycles. The van der Waals surface area contributed by atoms with Gasteiger partial charge in [0.1, 0.15) is 17.2 Å². The third-order valence-corrected chi connectivity index (χ3v) is 5.61. The summed E-state index contributed by atoms with van der Waals surface area (Å²) >= 11 is 0. The normalized spacial score (nSPS) is 10.4. The molecule has 0 atom stereocenters. The molecule has 0 aromatic heterocycles. The van der Waals surface area contributed by atoms with Gasteiger partial charge < -0.3 is 20.1 Å². The van der Waals surface area contributed by atoms with Crippen LogP contribution in [0.4, 0.5) is 16.2 Å². The van der Waals surface area contributed by atoms with Gasteiger partial charge in [-0.3, -0.25) is 9.69 Å². The van der Waals surface area contributed by atoms with Crippen molar-refractivity contribution >= 4 is 23.3 Å². The van der Waals surface area contributed by atoms with Gasteiger partial charge in [-0.25, -0.2) is 4.79 Å². The number of benzene rings is 3. The fourth-order valence-corrected chi connectivity index (χ4v) is 3.69. The molecule has 0 aliphatic rings. The van der Waals surface area contributed by atoms with Crippen molar-refractivity contribution in [3.05, 3.63) is 78.9 Å². The van der Waals surface area contributed by atoms with E-state index >= 15 is 0 Å². The summed E-state index contributed by atoms with van der Waals surface area (Å²) in [5.74, 6) is 2.05. The van der Waals surface area contributed by atoms with E-state index in [0.29, 0.717) is 43.1 Å². The Balaban J connectivity index is 1.67. The first-order valence-electron chi connectivity index (χ1n) is 12.4. The Morgan fingerprint density at radius 3 is 2.25 bits per heavy atom. The SMILES string of the molecule is CCCCCC(=O)NCCCN(C(=O)Nc1ccccc1OC)c1ccc(Oc2ccccc2)cc1. The zero-order valence-corrected chi connectivity index (χ0v) is 21.0. The summed E-state index contributed by atoms with van der Waals surface area (Å²) in [6.07, 6.45) is 4.18. The van der Waals surface area contributed by atoms with Crippen LogP contribution in [-0.2, 0) is 4.79 Å². The standard InChI is InChI=1S/C29H35N3O4/c1-3-4-6-16-28(33)30-21-11-22-32(29(34)31-26-14-9-10-15-27(26)35-2)23-17-19-25(20-18-23)36-24-12-7-5-8-13-24/h5,7-10,12-15,17-20H,3-4,6,11,16,21-22H2,1-2H3,(H,30,33)(H,31,34). The molecule has 0 saturated heterocycles. The number of methoxy groups -OCH3 is 1. The second-order valence-corrected chi connectivity index (χ2v) is 8.35. The molecule has 0 saturated carbocycles. The monoisotopic (exact) mass is 489 g/mol. The predicted molar refractivity (Wildman–Crippen MR) is 144 cm³/mol. The summed E-state index contributed by atoms with van der Waals surface area (Å²) in [7, 11) is 1.57. The van der Waals surface area contributed by atoms with Crippen LogP contribution in [0.3, 0.4) is 0 Å². The van der Waals surface area contributed by atoms with Crippen molar-refractivity contribution in [1.82, 2.24) is 5.32 Å². The van der Waals surface area contributed by atoms with Gasteiger partial charge in [-0.15, -0.1) is 0 Å². The lowest BCUT2D eigenvalue weighted by Gasteiger charge is -2.24. The van der Waals surface area contributed by atoms with E-state index in [-0.39, 0.29) is 11.9 Å². The van der Waals surface area contributed by atoms with Crippen molar-refractivity contribution in [3.63, 3.8) is 0 Å². The number of rotatable bonds is 13. The molecule has 2 N–H and O–H groups in total. The Labute approximate surface area is 213 Å². The van der Waals surface area contributed by atoms with Crippen molar-refractivity contribution in [2.45, 2.75) is 39.0 Å². The summed E-state index contributed by atoms with van der Waals surface area (Å²) in [4.78, 5) is 27.0. The molecule has 0 aliphatic carbocycles. The largest absolute Gasteiger partial charge is 0.495 e. The summed E-state index contributed by atoms with van der Waals surface area (Å²) in [6.45, 7) is 3.04. The molecule has 0 radical (unpaired) electrons. The number of urea groups is 1. The number of ether oxygens (including phenoxy) is 2. The first-order valence-corrected chi connectivity index (χ1v) is 12.4. The molecule has 0 aliphatic heterocycles. The number of anilines is 2. The van der Waals surface area contributed by atoms with Crippen LogP contribution in [-0.4, -0.2) is 32.1 Å². The summed E-state index contributed by atoms with van der Waals surface area (Å²) in [5.41, 5.74) is 1.31. The van der Waals surface area contributed by atoms with Gasteiger partial charge in [-0.1, -0.05) is 50.1 Å². The van der Waals surface area contributed by atoms with Gasteiger partial charge in [-0.2, -0.15) is 0 Å². The van der Waals surface area contributed by atoms with Gasteiger partial charge in [0.05, 0.1) is 12.8 Å². The smallest absolute Gasteiger partial charge is 0.326 e. The number of amides is 3.